The normalized spacial score (nSPS) is 10.4. The first-order chi connectivity index (χ1) is 12.5. The molecular weight excluding hydrogens is 372 g/mol. The number of carbonyl (C=O) groups is 2. The van der Waals surface area contributed by atoms with Gasteiger partial charge in [-0.05, 0) is 42.0 Å². The van der Waals surface area contributed by atoms with Crippen LogP contribution in [0, 0.1) is 0 Å². The molecule has 5 nitrogen and oxygen atoms in total. The third-order valence-corrected chi connectivity index (χ3v) is 4.87. The molecule has 0 saturated heterocycles. The summed E-state index contributed by atoms with van der Waals surface area (Å²) in [4.78, 5) is 25.5. The lowest BCUT2D eigenvalue weighted by atomic mass is 10.1. The van der Waals surface area contributed by atoms with E-state index in [1.807, 2.05) is 12.1 Å². The topological polar surface area (TPSA) is 69.6 Å². The number of nitrogens with zero attached hydrogens (tertiary/aromatic N) is 1. The van der Waals surface area contributed by atoms with Crippen LogP contribution in [-0.4, -0.2) is 47.8 Å². The number of hydrogen-bond donors (Lipinski definition) is 2. The van der Waals surface area contributed by atoms with Gasteiger partial charge in [-0.25, -0.2) is 0 Å². The van der Waals surface area contributed by atoms with Gasteiger partial charge in [-0.2, -0.15) is 0 Å². The smallest absolute Gasteiger partial charge is 0.253 e. The first-order valence-corrected chi connectivity index (χ1v) is 9.61. The minimum Gasteiger partial charge on any atom is -0.395 e. The molecule has 2 N–H and O–H groups in total. The Morgan fingerprint density at radius 1 is 1.12 bits per heavy atom. The van der Waals surface area contributed by atoms with Crippen molar-refractivity contribution in [1.29, 1.82) is 0 Å². The van der Waals surface area contributed by atoms with Gasteiger partial charge < -0.3 is 15.3 Å². The van der Waals surface area contributed by atoms with Crippen molar-refractivity contribution in [1.82, 2.24) is 4.90 Å². The van der Waals surface area contributed by atoms with Crippen molar-refractivity contribution in [2.75, 3.05) is 31.3 Å². The summed E-state index contributed by atoms with van der Waals surface area (Å²) in [6.07, 6.45) is 0. The quantitative estimate of drug-likeness (QED) is 0.723. The SMILES string of the molecule is CN(CCO)C(=O)c1ccc(CSCC(=O)Nc2ccc(Cl)cc2)cc1. The van der Waals surface area contributed by atoms with Crippen molar-refractivity contribution < 1.29 is 14.7 Å². The summed E-state index contributed by atoms with van der Waals surface area (Å²) in [6, 6.07) is 14.3. The number of likely N-dealkylation sites (N-methyl/N-ethyl adjacent to an activating group) is 1. The molecule has 0 aliphatic rings. The summed E-state index contributed by atoms with van der Waals surface area (Å²) in [7, 11) is 1.65. The maximum atomic E-state index is 12.1. The van der Waals surface area contributed by atoms with Gasteiger partial charge in [-0.3, -0.25) is 9.59 Å². The predicted molar refractivity (Wildman–Crippen MR) is 107 cm³/mol. The molecular formula is C19H21ClN2O3S. The molecule has 0 aromatic heterocycles. The Labute approximate surface area is 162 Å². The maximum Gasteiger partial charge on any atom is 0.253 e. The van der Waals surface area contributed by atoms with Crippen LogP contribution in [0.15, 0.2) is 48.5 Å². The second kappa shape index (κ2) is 10.2. The van der Waals surface area contributed by atoms with Crippen LogP contribution in [0.25, 0.3) is 0 Å². The number of halogens is 1. The lowest BCUT2D eigenvalue weighted by Crippen LogP contribution is -2.29. The summed E-state index contributed by atoms with van der Waals surface area (Å²) in [5, 5.41) is 12.3. The highest BCUT2D eigenvalue weighted by atomic mass is 35.5. The zero-order chi connectivity index (χ0) is 18.9. The van der Waals surface area contributed by atoms with Gasteiger partial charge in [-0.15, -0.1) is 11.8 Å². The fourth-order valence-electron chi connectivity index (χ4n) is 2.21. The minimum absolute atomic E-state index is 0.0605. The highest BCUT2D eigenvalue weighted by molar-refractivity contribution is 7.99. The average Bonchev–Trinajstić information content (AvgIpc) is 2.64. The van der Waals surface area contributed by atoms with Gasteiger partial charge in [-0.1, -0.05) is 23.7 Å². The third kappa shape index (κ3) is 6.37. The molecule has 2 aromatic rings. The van der Waals surface area contributed by atoms with Gasteiger partial charge in [0.25, 0.3) is 5.91 Å². The molecule has 0 heterocycles. The largest absolute Gasteiger partial charge is 0.395 e. The van der Waals surface area contributed by atoms with Crippen LogP contribution in [0.5, 0.6) is 0 Å². The van der Waals surface area contributed by atoms with E-state index >= 15 is 0 Å². The van der Waals surface area contributed by atoms with E-state index in [1.54, 1.807) is 43.4 Å². The standard InChI is InChI=1S/C19H21ClN2O3S/c1-22(10-11-23)19(25)15-4-2-14(3-5-15)12-26-13-18(24)21-17-8-6-16(20)7-9-17/h2-9,23H,10-13H2,1H3,(H,21,24). The Bertz CT molecular complexity index is 735. The maximum absolute atomic E-state index is 12.1. The lowest BCUT2D eigenvalue weighted by Gasteiger charge is -2.15. The van der Waals surface area contributed by atoms with Gasteiger partial charge >= 0.3 is 0 Å². The number of anilines is 1. The van der Waals surface area contributed by atoms with E-state index in [-0.39, 0.29) is 18.4 Å². The molecule has 2 rings (SSSR count). The van der Waals surface area contributed by atoms with Gasteiger partial charge in [0.15, 0.2) is 0 Å². The zero-order valence-corrected chi connectivity index (χ0v) is 16.0. The van der Waals surface area contributed by atoms with Crippen molar-refractivity contribution >= 4 is 40.9 Å². The molecule has 0 aliphatic carbocycles. The Kier molecular flexibility index (Phi) is 7.97. The van der Waals surface area contributed by atoms with Gasteiger partial charge in [0.2, 0.25) is 5.91 Å². The molecule has 2 amide bonds. The van der Waals surface area contributed by atoms with Crippen molar-refractivity contribution in [2.24, 2.45) is 0 Å². The van der Waals surface area contributed by atoms with Crippen LogP contribution in [-0.2, 0) is 10.5 Å². The number of thioether (sulfide) groups is 1. The molecule has 0 atom stereocenters. The Hall–Kier alpha value is -2.02. The molecule has 26 heavy (non-hydrogen) atoms. The first kappa shape index (κ1) is 20.3. The van der Waals surface area contributed by atoms with E-state index in [9.17, 15) is 9.59 Å². The second-order valence-corrected chi connectivity index (χ2v) is 7.12. The van der Waals surface area contributed by atoms with E-state index in [4.69, 9.17) is 16.7 Å². The third-order valence-electron chi connectivity index (χ3n) is 3.61. The lowest BCUT2D eigenvalue weighted by molar-refractivity contribution is -0.113. The number of aliphatic hydroxyl groups is 1. The number of amides is 2. The molecule has 0 fully saturated rings. The molecule has 0 aliphatic heterocycles. The Morgan fingerprint density at radius 3 is 2.38 bits per heavy atom. The van der Waals surface area contributed by atoms with E-state index in [1.165, 1.54) is 16.7 Å². The summed E-state index contributed by atoms with van der Waals surface area (Å²) in [6.45, 7) is 0.244. The highest BCUT2D eigenvalue weighted by Crippen LogP contribution is 2.16. The average molecular weight is 393 g/mol. The monoisotopic (exact) mass is 392 g/mol. The number of benzene rings is 2. The van der Waals surface area contributed by atoms with E-state index < -0.39 is 0 Å². The van der Waals surface area contributed by atoms with Crippen LogP contribution in [0.2, 0.25) is 5.02 Å². The van der Waals surface area contributed by atoms with Crippen LogP contribution >= 0.6 is 23.4 Å². The van der Waals surface area contributed by atoms with Crippen molar-refractivity contribution in [3.05, 3.63) is 64.7 Å². The summed E-state index contributed by atoms with van der Waals surface area (Å²) >= 11 is 7.31. The summed E-state index contributed by atoms with van der Waals surface area (Å²) in [5.41, 5.74) is 2.33. The number of hydrogen-bond acceptors (Lipinski definition) is 4. The van der Waals surface area contributed by atoms with Crippen molar-refractivity contribution in [3.63, 3.8) is 0 Å². The fourth-order valence-corrected chi connectivity index (χ4v) is 3.12. The summed E-state index contributed by atoms with van der Waals surface area (Å²) in [5.74, 6) is 0.813. The first-order valence-electron chi connectivity index (χ1n) is 8.08. The van der Waals surface area contributed by atoms with Crippen LogP contribution < -0.4 is 5.32 Å². The van der Waals surface area contributed by atoms with Crippen molar-refractivity contribution in [2.45, 2.75) is 5.75 Å². The molecule has 138 valence electrons. The molecule has 0 unspecified atom stereocenters. The molecule has 7 heteroatoms. The minimum atomic E-state index is -0.124. The van der Waals surface area contributed by atoms with Gasteiger partial charge in [0.1, 0.15) is 0 Å². The molecule has 0 bridgehead atoms. The highest BCUT2D eigenvalue weighted by Gasteiger charge is 2.10. The van der Waals surface area contributed by atoms with Crippen LogP contribution in [0.3, 0.4) is 0 Å². The predicted octanol–water partition coefficient (Wildman–Crippen LogP) is 3.28. The molecule has 0 radical (unpaired) electrons. The number of rotatable bonds is 8. The van der Waals surface area contributed by atoms with E-state index in [0.717, 1.165) is 11.3 Å². The molecule has 0 spiro atoms. The van der Waals surface area contributed by atoms with Gasteiger partial charge in [0.05, 0.1) is 12.4 Å². The molecule has 2 aromatic carbocycles. The van der Waals surface area contributed by atoms with Crippen molar-refractivity contribution in [3.8, 4) is 0 Å². The number of nitrogens with one attached hydrogen (secondary N) is 1. The Morgan fingerprint density at radius 2 is 1.77 bits per heavy atom. The van der Waals surface area contributed by atoms with Gasteiger partial charge in [0, 0.05) is 35.6 Å². The van der Waals surface area contributed by atoms with E-state index in [0.29, 0.717) is 28.6 Å². The fraction of sp³-hybridized carbons (Fsp3) is 0.263. The van der Waals surface area contributed by atoms with Crippen LogP contribution in [0.1, 0.15) is 15.9 Å². The number of aliphatic hydroxyl groups excluding tert-OH is 1. The Balaban J connectivity index is 1.78. The summed E-state index contributed by atoms with van der Waals surface area (Å²) < 4.78 is 0. The molecule has 0 saturated carbocycles. The second-order valence-electron chi connectivity index (χ2n) is 5.70. The van der Waals surface area contributed by atoms with E-state index in [2.05, 4.69) is 5.32 Å². The van der Waals surface area contributed by atoms with Crippen LogP contribution in [0.4, 0.5) is 5.69 Å². The number of carbonyl (C=O) groups excluding carboxylic acids is 2. The zero-order valence-electron chi connectivity index (χ0n) is 14.4.